The molecule has 1 unspecified atom stereocenters. The van der Waals surface area contributed by atoms with Gasteiger partial charge in [0.05, 0.1) is 0 Å². The second-order valence-electron chi connectivity index (χ2n) is 5.39. The first-order valence-electron chi connectivity index (χ1n) is 7.80. The van der Waals surface area contributed by atoms with Crippen molar-refractivity contribution in [1.82, 2.24) is 5.32 Å². The third kappa shape index (κ3) is 4.69. The molecule has 0 aliphatic heterocycles. The maximum absolute atomic E-state index is 3.71. The zero-order valence-electron chi connectivity index (χ0n) is 12.9. The van der Waals surface area contributed by atoms with Gasteiger partial charge < -0.3 is 5.32 Å². The van der Waals surface area contributed by atoms with Crippen LogP contribution in [-0.2, 0) is 12.8 Å². The molecule has 0 fully saturated rings. The number of nitrogens with one attached hydrogen (secondary N) is 1. The second kappa shape index (κ2) is 8.35. The van der Waals surface area contributed by atoms with Crippen LogP contribution in [-0.4, -0.2) is 6.54 Å². The lowest BCUT2D eigenvalue weighted by Crippen LogP contribution is -2.25. The summed E-state index contributed by atoms with van der Waals surface area (Å²) in [4.78, 5) is 0. The smallest absolute Gasteiger partial charge is 0.0363 e. The molecule has 2 aromatic rings. The average molecular weight is 346 g/mol. The fourth-order valence-corrected chi connectivity index (χ4v) is 2.93. The summed E-state index contributed by atoms with van der Waals surface area (Å²) in [6, 6.07) is 17.9. The van der Waals surface area contributed by atoms with Gasteiger partial charge in [-0.05, 0) is 54.6 Å². The Balaban J connectivity index is 2.23. The van der Waals surface area contributed by atoms with Crippen molar-refractivity contribution in [3.05, 3.63) is 69.7 Å². The molecule has 0 radical (unpaired) electrons. The third-order valence-corrected chi connectivity index (χ3v) is 4.33. The molecule has 112 valence electrons. The van der Waals surface area contributed by atoms with Crippen molar-refractivity contribution in [2.75, 3.05) is 6.54 Å². The first kappa shape index (κ1) is 16.3. The fourth-order valence-electron chi connectivity index (χ4n) is 2.66. The lowest BCUT2D eigenvalue weighted by molar-refractivity contribution is 0.526. The van der Waals surface area contributed by atoms with E-state index in [1.54, 1.807) is 0 Å². The van der Waals surface area contributed by atoms with E-state index in [9.17, 15) is 0 Å². The van der Waals surface area contributed by atoms with Crippen molar-refractivity contribution in [3.63, 3.8) is 0 Å². The Labute approximate surface area is 136 Å². The zero-order chi connectivity index (χ0) is 15.1. The number of halogens is 1. The van der Waals surface area contributed by atoms with Crippen LogP contribution in [0.1, 0.15) is 43.0 Å². The van der Waals surface area contributed by atoms with E-state index in [2.05, 4.69) is 83.6 Å². The maximum Gasteiger partial charge on any atom is 0.0363 e. The van der Waals surface area contributed by atoms with E-state index < -0.39 is 0 Å². The summed E-state index contributed by atoms with van der Waals surface area (Å²) >= 11 is 3.51. The van der Waals surface area contributed by atoms with E-state index in [0.717, 1.165) is 30.3 Å². The van der Waals surface area contributed by atoms with Crippen molar-refractivity contribution in [2.24, 2.45) is 0 Å². The molecule has 21 heavy (non-hydrogen) atoms. The molecule has 2 aromatic carbocycles. The number of hydrogen-bond donors (Lipinski definition) is 1. The quantitative estimate of drug-likeness (QED) is 0.718. The van der Waals surface area contributed by atoms with Crippen LogP contribution in [0.3, 0.4) is 0 Å². The van der Waals surface area contributed by atoms with Gasteiger partial charge in [0.1, 0.15) is 0 Å². The van der Waals surface area contributed by atoms with Gasteiger partial charge in [-0.3, -0.25) is 0 Å². The Morgan fingerprint density at radius 1 is 1.00 bits per heavy atom. The molecule has 0 spiro atoms. The minimum atomic E-state index is 0.391. The highest BCUT2D eigenvalue weighted by molar-refractivity contribution is 9.10. The Hall–Kier alpha value is -1.12. The predicted molar refractivity (Wildman–Crippen MR) is 94.7 cm³/mol. The molecule has 2 rings (SSSR count). The van der Waals surface area contributed by atoms with E-state index in [1.165, 1.54) is 16.7 Å². The fraction of sp³-hybridized carbons (Fsp3) is 0.368. The summed E-state index contributed by atoms with van der Waals surface area (Å²) in [5, 5.41) is 3.71. The van der Waals surface area contributed by atoms with Gasteiger partial charge in [0.25, 0.3) is 0 Å². The van der Waals surface area contributed by atoms with Crippen LogP contribution in [0.25, 0.3) is 0 Å². The van der Waals surface area contributed by atoms with Gasteiger partial charge in [-0.1, -0.05) is 66.2 Å². The Bertz CT molecular complexity index is 548. The molecular weight excluding hydrogens is 322 g/mol. The monoisotopic (exact) mass is 345 g/mol. The van der Waals surface area contributed by atoms with Crippen molar-refractivity contribution in [2.45, 2.75) is 39.2 Å². The first-order valence-corrected chi connectivity index (χ1v) is 8.59. The topological polar surface area (TPSA) is 12.0 Å². The van der Waals surface area contributed by atoms with Gasteiger partial charge in [-0.2, -0.15) is 0 Å². The summed E-state index contributed by atoms with van der Waals surface area (Å²) < 4.78 is 1.14. The number of rotatable bonds is 7. The van der Waals surface area contributed by atoms with Gasteiger partial charge in [0.2, 0.25) is 0 Å². The van der Waals surface area contributed by atoms with Crippen LogP contribution in [0, 0.1) is 0 Å². The third-order valence-electron chi connectivity index (χ3n) is 3.81. The van der Waals surface area contributed by atoms with Crippen LogP contribution in [0.5, 0.6) is 0 Å². The summed E-state index contributed by atoms with van der Waals surface area (Å²) in [5.74, 6) is 0. The lowest BCUT2D eigenvalue weighted by Gasteiger charge is -2.22. The highest BCUT2D eigenvalue weighted by Crippen LogP contribution is 2.23. The Kier molecular flexibility index (Phi) is 6.47. The molecular formula is C19H24BrN. The highest BCUT2D eigenvalue weighted by atomic mass is 79.9. The lowest BCUT2D eigenvalue weighted by atomic mass is 9.93. The van der Waals surface area contributed by atoms with Gasteiger partial charge in [0.15, 0.2) is 0 Å². The van der Waals surface area contributed by atoms with E-state index >= 15 is 0 Å². The minimum Gasteiger partial charge on any atom is -0.310 e. The number of benzene rings is 2. The van der Waals surface area contributed by atoms with Crippen LogP contribution in [0.2, 0.25) is 0 Å². The molecule has 0 aliphatic rings. The Morgan fingerprint density at radius 2 is 1.71 bits per heavy atom. The second-order valence-corrected chi connectivity index (χ2v) is 6.31. The van der Waals surface area contributed by atoms with Crippen LogP contribution >= 0.6 is 15.9 Å². The van der Waals surface area contributed by atoms with E-state index in [1.807, 2.05) is 0 Å². The van der Waals surface area contributed by atoms with Gasteiger partial charge in [-0.15, -0.1) is 0 Å². The van der Waals surface area contributed by atoms with Gasteiger partial charge >= 0.3 is 0 Å². The molecule has 0 aliphatic carbocycles. The van der Waals surface area contributed by atoms with Crippen LogP contribution in [0.15, 0.2) is 53.0 Å². The molecule has 0 aromatic heterocycles. The minimum absolute atomic E-state index is 0.391. The molecule has 2 heteroatoms. The largest absolute Gasteiger partial charge is 0.310 e. The van der Waals surface area contributed by atoms with E-state index in [0.29, 0.717) is 6.04 Å². The van der Waals surface area contributed by atoms with Crippen LogP contribution < -0.4 is 5.32 Å². The molecule has 0 saturated carbocycles. The van der Waals surface area contributed by atoms with Crippen molar-refractivity contribution < 1.29 is 0 Å². The molecule has 0 bridgehead atoms. The summed E-state index contributed by atoms with van der Waals surface area (Å²) in [6.07, 6.45) is 3.27. The van der Waals surface area contributed by atoms with Crippen molar-refractivity contribution in [1.29, 1.82) is 0 Å². The molecule has 1 nitrogen and oxygen atoms in total. The van der Waals surface area contributed by atoms with Crippen molar-refractivity contribution >= 4 is 15.9 Å². The maximum atomic E-state index is 3.71. The highest BCUT2D eigenvalue weighted by Gasteiger charge is 2.14. The molecule has 1 atom stereocenters. The van der Waals surface area contributed by atoms with E-state index in [4.69, 9.17) is 0 Å². The van der Waals surface area contributed by atoms with Crippen molar-refractivity contribution in [3.8, 4) is 0 Å². The molecule has 0 amide bonds. The number of aryl methyl sites for hydroxylation is 1. The molecule has 0 heterocycles. The molecule has 0 saturated heterocycles. The Morgan fingerprint density at radius 3 is 2.38 bits per heavy atom. The summed E-state index contributed by atoms with van der Waals surface area (Å²) in [5.41, 5.74) is 4.26. The summed E-state index contributed by atoms with van der Waals surface area (Å²) in [7, 11) is 0. The van der Waals surface area contributed by atoms with E-state index in [-0.39, 0.29) is 0 Å². The van der Waals surface area contributed by atoms with Gasteiger partial charge in [0, 0.05) is 10.5 Å². The predicted octanol–water partition coefficient (Wildman–Crippen LogP) is 5.29. The first-order chi connectivity index (χ1) is 10.2. The normalized spacial score (nSPS) is 12.3. The number of hydrogen-bond acceptors (Lipinski definition) is 1. The standard InChI is InChI=1S/C19H24BrN/c1-3-13-21-19(14-15-9-11-17(20)12-10-15)18-8-6-5-7-16(18)4-2/h5-12,19,21H,3-4,13-14H2,1-2H3. The zero-order valence-corrected chi connectivity index (χ0v) is 14.5. The van der Waals surface area contributed by atoms with Crippen LogP contribution in [0.4, 0.5) is 0 Å². The summed E-state index contributed by atoms with van der Waals surface area (Å²) in [6.45, 7) is 5.50. The SMILES string of the molecule is CCCNC(Cc1ccc(Br)cc1)c1ccccc1CC. The average Bonchev–Trinajstić information content (AvgIpc) is 2.53. The molecule has 1 N–H and O–H groups in total. The van der Waals surface area contributed by atoms with Gasteiger partial charge in [-0.25, -0.2) is 0 Å².